The zero-order valence-corrected chi connectivity index (χ0v) is 26.4. The number of carbonyl (C=O) groups is 2. The lowest BCUT2D eigenvalue weighted by atomic mass is 9.81. The molecule has 16 heteroatoms. The van der Waals surface area contributed by atoms with E-state index in [1.165, 1.54) is 15.4 Å². The van der Waals surface area contributed by atoms with Gasteiger partial charge in [-0.3, -0.25) is 19.2 Å². The zero-order valence-electron chi connectivity index (χ0n) is 26.4. The molecule has 2 amide bonds. The third-order valence-corrected chi connectivity index (χ3v) is 9.98. The Kier molecular flexibility index (Phi) is 9.24. The van der Waals surface area contributed by atoms with Crippen molar-refractivity contribution in [1.82, 2.24) is 44.9 Å². The van der Waals surface area contributed by atoms with Crippen molar-refractivity contribution in [3.8, 4) is 0 Å². The maximum atomic E-state index is 14.2. The molecule has 1 unspecified atom stereocenters. The number of alkyl halides is 5. The maximum Gasteiger partial charge on any atom is 0.393 e. The number of hydrogen-bond donors (Lipinski definition) is 2. The molecule has 1 saturated carbocycles. The summed E-state index contributed by atoms with van der Waals surface area (Å²) in [5.41, 5.74) is 1.63. The number of nitrogens with one attached hydrogen (secondary N) is 2. The van der Waals surface area contributed by atoms with Crippen molar-refractivity contribution < 1.29 is 31.5 Å². The fraction of sp³-hybridized carbons (Fsp3) is 0.677. The van der Waals surface area contributed by atoms with Crippen LogP contribution in [0.5, 0.6) is 0 Å². The number of imidazole rings is 1. The molecule has 3 fully saturated rings. The number of nitrogens with zero attached hydrogens (tertiary/aromatic N) is 7. The second kappa shape index (κ2) is 13.1. The Balaban J connectivity index is 1.35. The van der Waals surface area contributed by atoms with Crippen molar-refractivity contribution in [1.29, 1.82) is 0 Å². The lowest BCUT2D eigenvalue weighted by molar-refractivity contribution is -0.183. The molecule has 47 heavy (non-hydrogen) atoms. The first-order chi connectivity index (χ1) is 22.3. The average Bonchev–Trinajstić information content (AvgIpc) is 3.76. The third kappa shape index (κ3) is 7.26. The lowest BCUT2D eigenvalue weighted by Gasteiger charge is -2.33. The zero-order chi connectivity index (χ0) is 33.5. The van der Waals surface area contributed by atoms with Gasteiger partial charge in [-0.05, 0) is 64.5 Å². The van der Waals surface area contributed by atoms with Crippen LogP contribution in [0, 0.1) is 17.8 Å². The summed E-state index contributed by atoms with van der Waals surface area (Å²) in [5.74, 6) is -6.37. The number of aryl methyl sites for hydroxylation is 1. The van der Waals surface area contributed by atoms with Gasteiger partial charge in [-0.25, -0.2) is 23.3 Å². The van der Waals surface area contributed by atoms with E-state index in [9.17, 15) is 31.5 Å². The summed E-state index contributed by atoms with van der Waals surface area (Å²) in [5, 5.41) is 14.3. The number of likely N-dealkylation sites (tertiary alicyclic amines) is 1. The average molecular weight is 666 g/mol. The lowest BCUT2D eigenvalue weighted by Crippen LogP contribution is -2.47. The topological polar surface area (TPSA) is 122 Å². The molecule has 0 radical (unpaired) electrons. The van der Waals surface area contributed by atoms with Crippen LogP contribution in [0.4, 0.5) is 22.0 Å². The highest BCUT2D eigenvalue weighted by Gasteiger charge is 2.45. The van der Waals surface area contributed by atoms with Crippen molar-refractivity contribution in [3.63, 3.8) is 0 Å². The first kappa shape index (κ1) is 33.2. The molecule has 3 aromatic heterocycles. The van der Waals surface area contributed by atoms with Gasteiger partial charge in [0.05, 0.1) is 35.2 Å². The number of aromatic nitrogens is 6. The van der Waals surface area contributed by atoms with Gasteiger partial charge in [0.15, 0.2) is 0 Å². The predicted octanol–water partition coefficient (Wildman–Crippen LogP) is 4.48. The van der Waals surface area contributed by atoms with Crippen molar-refractivity contribution >= 4 is 17.6 Å². The second-order valence-corrected chi connectivity index (χ2v) is 13.2. The highest BCUT2D eigenvalue weighted by Crippen LogP contribution is 2.41. The highest BCUT2D eigenvalue weighted by molar-refractivity contribution is 5.92. The Hall–Kier alpha value is -3.69. The molecule has 3 aliphatic rings. The van der Waals surface area contributed by atoms with E-state index in [0.29, 0.717) is 35.9 Å². The Bertz CT molecular complexity index is 1600. The number of carbonyl (C=O) groups excluding carboxylic acids is 2. The molecule has 5 heterocycles. The van der Waals surface area contributed by atoms with Crippen molar-refractivity contribution in [2.24, 2.45) is 17.8 Å². The molecule has 2 aliphatic heterocycles. The van der Waals surface area contributed by atoms with E-state index in [1.807, 2.05) is 6.92 Å². The van der Waals surface area contributed by atoms with E-state index >= 15 is 0 Å². The van der Waals surface area contributed by atoms with Crippen molar-refractivity contribution in [2.75, 3.05) is 13.1 Å². The number of hydrogen-bond acceptors (Lipinski definition) is 7. The largest absolute Gasteiger partial charge is 0.393 e. The van der Waals surface area contributed by atoms with E-state index in [-0.39, 0.29) is 56.3 Å². The van der Waals surface area contributed by atoms with E-state index in [2.05, 4.69) is 27.6 Å². The summed E-state index contributed by atoms with van der Waals surface area (Å²) >= 11 is 0. The van der Waals surface area contributed by atoms with Gasteiger partial charge >= 0.3 is 6.18 Å². The molecular weight excluding hydrogens is 625 g/mol. The number of halogens is 5. The first-order valence-corrected chi connectivity index (χ1v) is 16.4. The number of piperidine rings is 1. The second-order valence-electron chi connectivity index (χ2n) is 13.2. The van der Waals surface area contributed by atoms with Crippen LogP contribution in [0.15, 0.2) is 18.5 Å². The molecule has 0 bridgehead atoms. The summed E-state index contributed by atoms with van der Waals surface area (Å²) in [6.07, 6.45) is -0.0247. The van der Waals surface area contributed by atoms with E-state index in [0.717, 1.165) is 19.4 Å². The molecule has 2 saturated heterocycles. The summed E-state index contributed by atoms with van der Waals surface area (Å²) in [4.78, 5) is 37.9. The van der Waals surface area contributed by atoms with Gasteiger partial charge in [0.1, 0.15) is 5.69 Å². The van der Waals surface area contributed by atoms with Crippen LogP contribution >= 0.6 is 0 Å². The van der Waals surface area contributed by atoms with E-state index in [1.54, 1.807) is 12.3 Å². The van der Waals surface area contributed by atoms with Gasteiger partial charge < -0.3 is 10.6 Å². The summed E-state index contributed by atoms with van der Waals surface area (Å²) in [6, 6.07) is 1.12. The summed E-state index contributed by atoms with van der Waals surface area (Å²) in [7, 11) is 0. The van der Waals surface area contributed by atoms with Crippen molar-refractivity contribution in [3.05, 3.63) is 41.2 Å². The monoisotopic (exact) mass is 665 g/mol. The standard InChI is InChI=1S/C31H40F5N9O2/c1-3-44-25(8-11-38-44)28(47)41-26(19-6-9-30(32,33)10-7-19)24-17-45-29(40-24)39-23(16-43-12-4-5-18(43)2)22(42-45)14-20-13-21(31(34,35)36)15-37-27(20)46/h8,11,17-21,26H,3-7,9-10,12-16H2,1-2H3,(H,37,46)(H,41,47)/t18?,20-,21-,26+/m1/s1. The normalized spacial score (nSPS) is 24.8. The van der Waals surface area contributed by atoms with Crippen LogP contribution in [-0.2, 0) is 24.3 Å². The molecule has 11 nitrogen and oxygen atoms in total. The van der Waals surface area contributed by atoms with Crippen LogP contribution in [0.3, 0.4) is 0 Å². The van der Waals surface area contributed by atoms with Crippen LogP contribution in [0.25, 0.3) is 5.78 Å². The summed E-state index contributed by atoms with van der Waals surface area (Å²) in [6.45, 7) is 5.16. The molecule has 0 aromatic carbocycles. The molecule has 6 rings (SSSR count). The molecule has 256 valence electrons. The quantitative estimate of drug-likeness (QED) is 0.324. The van der Waals surface area contributed by atoms with Gasteiger partial charge in [0, 0.05) is 57.1 Å². The van der Waals surface area contributed by atoms with E-state index in [4.69, 9.17) is 15.1 Å². The molecule has 1 aliphatic carbocycles. The van der Waals surface area contributed by atoms with Crippen LogP contribution in [0.2, 0.25) is 0 Å². The van der Waals surface area contributed by atoms with Crippen LogP contribution in [0.1, 0.15) is 92.4 Å². The summed E-state index contributed by atoms with van der Waals surface area (Å²) < 4.78 is 72.1. The fourth-order valence-corrected chi connectivity index (χ4v) is 7.14. The minimum absolute atomic E-state index is 0.0364. The molecule has 3 aromatic rings. The SMILES string of the molecule is CCn1nccc1C(=O)N[C@H](c1cn2nc(C[C@H]3C[C@@H](C(F)(F)F)CNC3=O)c(CN3CCCC3C)nc2n1)C1CCC(F)(F)CC1. The number of amides is 2. The van der Waals surface area contributed by atoms with Gasteiger partial charge in [0.2, 0.25) is 11.8 Å². The van der Waals surface area contributed by atoms with Crippen LogP contribution < -0.4 is 10.6 Å². The number of rotatable bonds is 9. The highest BCUT2D eigenvalue weighted by atomic mass is 19.4. The Labute approximate surface area is 268 Å². The van der Waals surface area contributed by atoms with Gasteiger partial charge in [-0.15, -0.1) is 0 Å². The Morgan fingerprint density at radius 3 is 2.62 bits per heavy atom. The molecule has 0 spiro atoms. The maximum absolute atomic E-state index is 14.2. The molecule has 4 atom stereocenters. The van der Waals surface area contributed by atoms with Crippen molar-refractivity contribution in [2.45, 2.75) is 102 Å². The minimum Gasteiger partial charge on any atom is -0.355 e. The van der Waals surface area contributed by atoms with E-state index < -0.39 is 48.3 Å². The first-order valence-electron chi connectivity index (χ1n) is 16.4. The van der Waals surface area contributed by atoms with Crippen LogP contribution in [-0.4, -0.2) is 77.3 Å². The third-order valence-electron chi connectivity index (χ3n) is 9.98. The Morgan fingerprint density at radius 2 is 1.94 bits per heavy atom. The van der Waals surface area contributed by atoms with Gasteiger partial charge in [-0.1, -0.05) is 0 Å². The Morgan fingerprint density at radius 1 is 1.17 bits per heavy atom. The van der Waals surface area contributed by atoms with Gasteiger partial charge in [-0.2, -0.15) is 23.4 Å². The molecular formula is C31H40F5N9O2. The predicted molar refractivity (Wildman–Crippen MR) is 159 cm³/mol. The molecule has 2 N–H and O–H groups in total. The minimum atomic E-state index is -4.44. The van der Waals surface area contributed by atoms with Gasteiger partial charge in [0.25, 0.3) is 11.7 Å². The fourth-order valence-electron chi connectivity index (χ4n) is 7.14. The number of fused-ring (bicyclic) bond motifs is 1. The smallest absolute Gasteiger partial charge is 0.355 e.